The van der Waals surface area contributed by atoms with Crippen LogP contribution in [0.1, 0.15) is 121 Å². The molecule has 0 bridgehead atoms. The Balaban J connectivity index is 0.000000968. The minimum absolute atomic E-state index is 0.250. The average molecular weight is 449 g/mol. The van der Waals surface area contributed by atoms with E-state index in [4.69, 9.17) is 5.11 Å². The number of hydrogen-bond acceptors (Lipinski definition) is 1. The zero-order chi connectivity index (χ0) is 23.5. The average Bonchev–Trinajstić information content (AvgIpc) is 2.86. The standard InChI is InChI=1S/C30H42.C2H6O/c1-3-4-5-6-24-9-13-26(14-10-24)28-17-21-30(22-18-28)29-19-15-27(16-20-29)25-11-7-23(2)8-12-25;1-2-3/h15-26H,3-14H2,1-2H3;3H,2H2,1H3/t23-,24-,25-,26-;. The zero-order valence-corrected chi connectivity index (χ0v) is 21.6. The lowest BCUT2D eigenvalue weighted by Gasteiger charge is -2.29. The maximum atomic E-state index is 7.57. The summed E-state index contributed by atoms with van der Waals surface area (Å²) in [6.07, 6.45) is 16.9. The molecule has 4 rings (SSSR count). The summed E-state index contributed by atoms with van der Waals surface area (Å²) in [5.74, 6) is 3.50. The summed E-state index contributed by atoms with van der Waals surface area (Å²) in [7, 11) is 0. The second-order valence-electron chi connectivity index (χ2n) is 10.7. The van der Waals surface area contributed by atoms with E-state index in [1.54, 1.807) is 18.1 Å². The Bertz CT molecular complexity index is 759. The fourth-order valence-electron chi connectivity index (χ4n) is 5.96. The highest BCUT2D eigenvalue weighted by molar-refractivity contribution is 5.64. The first-order valence-electron chi connectivity index (χ1n) is 14.0. The van der Waals surface area contributed by atoms with E-state index < -0.39 is 0 Å². The van der Waals surface area contributed by atoms with Crippen molar-refractivity contribution >= 4 is 0 Å². The fourth-order valence-corrected chi connectivity index (χ4v) is 5.96. The number of rotatable bonds is 7. The highest BCUT2D eigenvalue weighted by Crippen LogP contribution is 2.39. The molecule has 33 heavy (non-hydrogen) atoms. The molecular weight excluding hydrogens is 400 g/mol. The van der Waals surface area contributed by atoms with Gasteiger partial charge in [0.15, 0.2) is 0 Å². The number of aliphatic hydroxyl groups is 1. The van der Waals surface area contributed by atoms with Gasteiger partial charge in [0.1, 0.15) is 0 Å². The Morgan fingerprint density at radius 1 is 0.636 bits per heavy atom. The van der Waals surface area contributed by atoms with E-state index >= 15 is 0 Å². The Kier molecular flexibility index (Phi) is 11.0. The maximum Gasteiger partial charge on any atom is 0.0402 e. The van der Waals surface area contributed by atoms with Crippen molar-refractivity contribution in [3.05, 3.63) is 59.7 Å². The van der Waals surface area contributed by atoms with Crippen LogP contribution in [0.25, 0.3) is 11.1 Å². The predicted octanol–water partition coefficient (Wildman–Crippen LogP) is 9.50. The molecule has 2 aromatic rings. The van der Waals surface area contributed by atoms with Gasteiger partial charge in [-0.1, -0.05) is 101 Å². The lowest BCUT2D eigenvalue weighted by atomic mass is 9.77. The van der Waals surface area contributed by atoms with E-state index in [9.17, 15) is 0 Å². The van der Waals surface area contributed by atoms with Gasteiger partial charge in [0, 0.05) is 6.61 Å². The largest absolute Gasteiger partial charge is 0.397 e. The van der Waals surface area contributed by atoms with Crippen LogP contribution < -0.4 is 0 Å². The molecule has 0 aliphatic heterocycles. The molecule has 0 atom stereocenters. The number of aliphatic hydroxyl groups excluding tert-OH is 1. The summed E-state index contributed by atoms with van der Waals surface area (Å²) in [5, 5.41) is 7.57. The second kappa shape index (κ2) is 14.0. The van der Waals surface area contributed by atoms with Gasteiger partial charge in [-0.05, 0) is 91.4 Å². The molecule has 2 aliphatic carbocycles. The van der Waals surface area contributed by atoms with Crippen LogP contribution in [0.15, 0.2) is 48.5 Å². The third kappa shape index (κ3) is 7.99. The smallest absolute Gasteiger partial charge is 0.0402 e. The molecule has 2 fully saturated rings. The molecule has 0 spiro atoms. The predicted molar refractivity (Wildman–Crippen MR) is 144 cm³/mol. The molecule has 1 nitrogen and oxygen atoms in total. The van der Waals surface area contributed by atoms with Gasteiger partial charge in [0.05, 0.1) is 0 Å². The topological polar surface area (TPSA) is 20.2 Å². The molecule has 2 saturated carbocycles. The van der Waals surface area contributed by atoms with Crippen molar-refractivity contribution in [2.75, 3.05) is 6.61 Å². The van der Waals surface area contributed by atoms with E-state index in [1.807, 2.05) is 0 Å². The molecule has 0 saturated heterocycles. The van der Waals surface area contributed by atoms with Gasteiger partial charge >= 0.3 is 0 Å². The summed E-state index contributed by atoms with van der Waals surface area (Å²) < 4.78 is 0. The summed E-state index contributed by atoms with van der Waals surface area (Å²) in [6.45, 7) is 6.65. The molecule has 0 aromatic heterocycles. The van der Waals surface area contributed by atoms with Gasteiger partial charge in [-0.25, -0.2) is 0 Å². The first-order valence-corrected chi connectivity index (χ1v) is 14.0. The van der Waals surface area contributed by atoms with Crippen molar-refractivity contribution < 1.29 is 5.11 Å². The molecule has 0 heterocycles. The molecule has 1 N–H and O–H groups in total. The van der Waals surface area contributed by atoms with E-state index in [1.165, 1.54) is 88.2 Å². The van der Waals surface area contributed by atoms with Crippen LogP contribution in [0.2, 0.25) is 0 Å². The van der Waals surface area contributed by atoms with Crippen LogP contribution in [-0.2, 0) is 0 Å². The number of benzene rings is 2. The van der Waals surface area contributed by atoms with Crippen LogP contribution in [0.5, 0.6) is 0 Å². The lowest BCUT2D eigenvalue weighted by molar-refractivity contribution is 0.303. The summed E-state index contributed by atoms with van der Waals surface area (Å²) in [4.78, 5) is 0. The maximum absolute atomic E-state index is 7.57. The third-order valence-electron chi connectivity index (χ3n) is 8.18. The highest BCUT2D eigenvalue weighted by atomic mass is 16.2. The van der Waals surface area contributed by atoms with Crippen molar-refractivity contribution in [3.8, 4) is 11.1 Å². The monoisotopic (exact) mass is 448 g/mol. The molecule has 0 amide bonds. The number of hydrogen-bond donors (Lipinski definition) is 1. The van der Waals surface area contributed by atoms with Gasteiger partial charge in [-0.3, -0.25) is 0 Å². The van der Waals surface area contributed by atoms with E-state index in [2.05, 4.69) is 62.4 Å². The Hall–Kier alpha value is -1.60. The van der Waals surface area contributed by atoms with Crippen LogP contribution in [0.3, 0.4) is 0 Å². The van der Waals surface area contributed by atoms with Crippen molar-refractivity contribution in [2.24, 2.45) is 11.8 Å². The summed E-state index contributed by atoms with van der Waals surface area (Å²) in [5.41, 5.74) is 5.86. The Morgan fingerprint density at radius 2 is 1.06 bits per heavy atom. The molecule has 2 aromatic carbocycles. The number of unbranched alkanes of at least 4 members (excludes halogenated alkanes) is 2. The Labute approximate surface area is 204 Å². The lowest BCUT2D eigenvalue weighted by Crippen LogP contribution is -2.13. The molecular formula is C32H48O. The van der Waals surface area contributed by atoms with Crippen LogP contribution in [-0.4, -0.2) is 11.7 Å². The minimum atomic E-state index is 0.250. The van der Waals surface area contributed by atoms with Gasteiger partial charge in [-0.2, -0.15) is 0 Å². The molecule has 0 unspecified atom stereocenters. The van der Waals surface area contributed by atoms with E-state index in [0.717, 1.165) is 23.7 Å². The van der Waals surface area contributed by atoms with Crippen molar-refractivity contribution in [3.63, 3.8) is 0 Å². The highest BCUT2D eigenvalue weighted by Gasteiger charge is 2.22. The van der Waals surface area contributed by atoms with Gasteiger partial charge in [0.2, 0.25) is 0 Å². The molecule has 0 radical (unpaired) electrons. The first kappa shape index (κ1) is 26.0. The molecule has 1 heteroatoms. The fraction of sp³-hybridized carbons (Fsp3) is 0.625. The van der Waals surface area contributed by atoms with E-state index in [-0.39, 0.29) is 6.61 Å². The normalized spacial score (nSPS) is 25.2. The Morgan fingerprint density at radius 3 is 1.48 bits per heavy atom. The zero-order valence-electron chi connectivity index (χ0n) is 21.6. The van der Waals surface area contributed by atoms with Gasteiger partial charge in [0.25, 0.3) is 0 Å². The van der Waals surface area contributed by atoms with Gasteiger partial charge < -0.3 is 5.11 Å². The first-order chi connectivity index (χ1) is 16.1. The minimum Gasteiger partial charge on any atom is -0.397 e. The summed E-state index contributed by atoms with van der Waals surface area (Å²) >= 11 is 0. The van der Waals surface area contributed by atoms with Crippen LogP contribution in [0.4, 0.5) is 0 Å². The van der Waals surface area contributed by atoms with Crippen molar-refractivity contribution in [1.29, 1.82) is 0 Å². The van der Waals surface area contributed by atoms with Crippen molar-refractivity contribution in [1.82, 2.24) is 0 Å². The quantitative estimate of drug-likeness (QED) is 0.418. The SMILES string of the molecule is CCCCC[C@H]1CC[C@H](c2ccc(-c3ccc([C@H]4CC[C@H](C)CC4)cc3)cc2)CC1.CCO. The summed E-state index contributed by atoms with van der Waals surface area (Å²) in [6, 6.07) is 19.0. The van der Waals surface area contributed by atoms with Crippen LogP contribution >= 0.6 is 0 Å². The van der Waals surface area contributed by atoms with E-state index in [0.29, 0.717) is 0 Å². The van der Waals surface area contributed by atoms with Crippen molar-refractivity contribution in [2.45, 2.75) is 110 Å². The molecule has 182 valence electrons. The van der Waals surface area contributed by atoms with Gasteiger partial charge in [-0.15, -0.1) is 0 Å². The molecule has 2 aliphatic rings. The third-order valence-corrected chi connectivity index (χ3v) is 8.18. The van der Waals surface area contributed by atoms with Crippen LogP contribution in [0, 0.1) is 11.8 Å². The second-order valence-corrected chi connectivity index (χ2v) is 10.7.